The van der Waals surface area contributed by atoms with Crippen molar-refractivity contribution >= 4 is 17.9 Å². The Balaban J connectivity index is 0.00000100. The maximum atomic E-state index is 12.7. The van der Waals surface area contributed by atoms with Gasteiger partial charge in [-0.05, 0) is 47.1 Å². The number of aryl methyl sites for hydroxylation is 2. The third-order valence-corrected chi connectivity index (χ3v) is 4.39. The molecule has 0 aliphatic heterocycles. The lowest BCUT2D eigenvalue weighted by molar-refractivity contribution is 0.0993. The Kier molecular flexibility index (Phi) is 6.31. The van der Waals surface area contributed by atoms with Gasteiger partial charge in [0.05, 0.1) is 0 Å². The van der Waals surface area contributed by atoms with Crippen LogP contribution in [0.4, 0.5) is 0 Å². The van der Waals surface area contributed by atoms with Crippen LogP contribution in [0.15, 0.2) is 49.6 Å². The summed E-state index contributed by atoms with van der Waals surface area (Å²) in [5.74, 6) is 0.136. The lowest BCUT2D eigenvalue weighted by atomic mass is 9.94. The van der Waals surface area contributed by atoms with Gasteiger partial charge in [0.15, 0.2) is 5.78 Å². The van der Waals surface area contributed by atoms with E-state index in [9.17, 15) is 4.79 Å². The van der Waals surface area contributed by atoms with Gasteiger partial charge in [-0.25, -0.2) is 0 Å². The van der Waals surface area contributed by atoms with Crippen LogP contribution in [0, 0.1) is 0 Å². The highest BCUT2D eigenvalue weighted by molar-refractivity contribution is 6.01. The number of hydrogen-bond acceptors (Lipinski definition) is 1. The molecule has 0 aromatic heterocycles. The van der Waals surface area contributed by atoms with E-state index in [1.807, 2.05) is 32.0 Å². The molecular weight excluding hydrogens is 292 g/mol. The molecule has 24 heavy (non-hydrogen) atoms. The highest BCUT2D eigenvalue weighted by atomic mass is 16.1. The molecule has 1 heteroatoms. The van der Waals surface area contributed by atoms with Crippen molar-refractivity contribution in [2.24, 2.45) is 0 Å². The second kappa shape index (κ2) is 8.44. The minimum atomic E-state index is 0.136. The van der Waals surface area contributed by atoms with Crippen LogP contribution in [0.3, 0.4) is 0 Å². The fourth-order valence-electron chi connectivity index (χ4n) is 3.25. The van der Waals surface area contributed by atoms with E-state index in [1.54, 1.807) is 12.2 Å². The summed E-state index contributed by atoms with van der Waals surface area (Å²) < 4.78 is 0. The Morgan fingerprint density at radius 3 is 2.50 bits per heavy atom. The lowest BCUT2D eigenvalue weighted by Gasteiger charge is -2.09. The van der Waals surface area contributed by atoms with E-state index in [1.165, 1.54) is 24.0 Å². The highest BCUT2D eigenvalue weighted by Crippen LogP contribution is 2.24. The topological polar surface area (TPSA) is 17.1 Å². The summed E-state index contributed by atoms with van der Waals surface area (Å²) in [5, 5.41) is 0. The van der Waals surface area contributed by atoms with Crippen molar-refractivity contribution in [3.63, 3.8) is 0 Å². The smallest absolute Gasteiger partial charge is 0.167 e. The Morgan fingerprint density at radius 1 is 1.04 bits per heavy atom. The monoisotopic (exact) mass is 318 g/mol. The maximum Gasteiger partial charge on any atom is 0.167 e. The number of carbonyl (C=O) groups is 1. The first-order chi connectivity index (χ1) is 11.7. The van der Waals surface area contributed by atoms with Crippen molar-refractivity contribution in [2.75, 3.05) is 0 Å². The van der Waals surface area contributed by atoms with Crippen LogP contribution in [0.2, 0.25) is 0 Å². The lowest BCUT2D eigenvalue weighted by Crippen LogP contribution is -2.07. The summed E-state index contributed by atoms with van der Waals surface area (Å²) in [6, 6.07) is 12.2. The molecule has 0 saturated carbocycles. The number of fused-ring (bicyclic) bond motifs is 1. The third kappa shape index (κ3) is 3.73. The second-order valence-corrected chi connectivity index (χ2v) is 5.77. The first-order valence-corrected chi connectivity index (χ1v) is 8.74. The molecule has 1 nitrogen and oxygen atoms in total. The minimum Gasteiger partial charge on any atom is -0.294 e. The molecule has 0 heterocycles. The fourth-order valence-corrected chi connectivity index (χ4v) is 3.25. The van der Waals surface area contributed by atoms with Gasteiger partial charge in [-0.1, -0.05) is 75.6 Å². The van der Waals surface area contributed by atoms with Crippen LogP contribution in [-0.2, 0) is 19.3 Å². The summed E-state index contributed by atoms with van der Waals surface area (Å²) in [6.45, 7) is 11.6. The predicted molar refractivity (Wildman–Crippen MR) is 104 cm³/mol. The molecule has 0 N–H and O–H groups in total. The largest absolute Gasteiger partial charge is 0.294 e. The molecule has 0 spiro atoms. The molecule has 3 rings (SSSR count). The van der Waals surface area contributed by atoms with E-state index in [-0.39, 0.29) is 5.78 Å². The SMILES string of the molecule is C=Cc1cccc(C(=O)Cc2ccc3c(c2)CCC3)c1C=C.CC. The molecule has 1 aliphatic rings. The predicted octanol–water partition coefficient (Wildman–Crippen LogP) is 5.91. The van der Waals surface area contributed by atoms with E-state index in [4.69, 9.17) is 0 Å². The van der Waals surface area contributed by atoms with Gasteiger partial charge >= 0.3 is 0 Å². The molecule has 0 saturated heterocycles. The van der Waals surface area contributed by atoms with Gasteiger partial charge in [-0.2, -0.15) is 0 Å². The Morgan fingerprint density at radius 2 is 1.79 bits per heavy atom. The van der Waals surface area contributed by atoms with Crippen molar-refractivity contribution < 1.29 is 4.79 Å². The Hall–Kier alpha value is -2.41. The van der Waals surface area contributed by atoms with Gasteiger partial charge < -0.3 is 0 Å². The minimum absolute atomic E-state index is 0.136. The van der Waals surface area contributed by atoms with Gasteiger partial charge in [0.1, 0.15) is 0 Å². The average molecular weight is 318 g/mol. The van der Waals surface area contributed by atoms with Gasteiger partial charge in [-0.15, -0.1) is 0 Å². The first-order valence-electron chi connectivity index (χ1n) is 8.74. The quantitative estimate of drug-likeness (QED) is 0.626. The van der Waals surface area contributed by atoms with Gasteiger partial charge in [0, 0.05) is 12.0 Å². The molecule has 0 bridgehead atoms. The van der Waals surface area contributed by atoms with E-state index in [2.05, 4.69) is 31.4 Å². The second-order valence-electron chi connectivity index (χ2n) is 5.77. The molecule has 0 unspecified atom stereocenters. The van der Waals surface area contributed by atoms with Crippen LogP contribution >= 0.6 is 0 Å². The number of benzene rings is 2. The number of ketones is 1. The summed E-state index contributed by atoms with van der Waals surface area (Å²) in [5.41, 5.74) is 6.52. The zero-order chi connectivity index (χ0) is 17.5. The summed E-state index contributed by atoms with van der Waals surface area (Å²) in [6.07, 6.45) is 7.49. The van der Waals surface area contributed by atoms with E-state index in [0.29, 0.717) is 6.42 Å². The van der Waals surface area contributed by atoms with Crippen LogP contribution in [0.5, 0.6) is 0 Å². The zero-order valence-corrected chi connectivity index (χ0v) is 14.8. The van der Waals surface area contributed by atoms with Crippen LogP contribution in [0.25, 0.3) is 12.2 Å². The van der Waals surface area contributed by atoms with Crippen LogP contribution in [0.1, 0.15) is 58.4 Å². The zero-order valence-electron chi connectivity index (χ0n) is 14.8. The first kappa shape index (κ1) is 17.9. The standard InChI is InChI=1S/C21H20O.C2H6/c1-3-16-7-6-10-20(19(16)4-2)21(22)14-15-11-12-17-8-5-9-18(17)13-15;1-2/h3-4,6-7,10-13H,1-2,5,8-9,14H2;1-2H3. The van der Waals surface area contributed by atoms with E-state index in [0.717, 1.165) is 28.7 Å². The fraction of sp³-hybridized carbons (Fsp3) is 0.261. The normalized spacial score (nSPS) is 11.9. The molecule has 124 valence electrons. The van der Waals surface area contributed by atoms with E-state index < -0.39 is 0 Å². The van der Waals surface area contributed by atoms with Crippen molar-refractivity contribution in [3.8, 4) is 0 Å². The molecule has 0 fully saturated rings. The number of hydrogen-bond donors (Lipinski definition) is 0. The summed E-state index contributed by atoms with van der Waals surface area (Å²) in [7, 11) is 0. The summed E-state index contributed by atoms with van der Waals surface area (Å²) in [4.78, 5) is 12.7. The van der Waals surface area contributed by atoms with Gasteiger partial charge in [0.2, 0.25) is 0 Å². The maximum absolute atomic E-state index is 12.7. The number of rotatable bonds is 5. The van der Waals surface area contributed by atoms with E-state index >= 15 is 0 Å². The molecule has 0 amide bonds. The van der Waals surface area contributed by atoms with Gasteiger partial charge in [0.25, 0.3) is 0 Å². The van der Waals surface area contributed by atoms with Crippen molar-refractivity contribution in [2.45, 2.75) is 39.5 Å². The molecular formula is C23H26O. The Bertz CT molecular complexity index is 753. The van der Waals surface area contributed by atoms with Crippen LogP contribution in [-0.4, -0.2) is 5.78 Å². The highest BCUT2D eigenvalue weighted by Gasteiger charge is 2.15. The van der Waals surface area contributed by atoms with Crippen LogP contribution < -0.4 is 0 Å². The number of carbonyl (C=O) groups excluding carboxylic acids is 1. The third-order valence-electron chi connectivity index (χ3n) is 4.39. The van der Waals surface area contributed by atoms with Crippen molar-refractivity contribution in [1.29, 1.82) is 0 Å². The molecule has 2 aromatic rings. The average Bonchev–Trinajstić information content (AvgIpc) is 3.10. The number of Topliss-reactive ketones (excluding diaryl/α,β-unsaturated/α-hetero) is 1. The summed E-state index contributed by atoms with van der Waals surface area (Å²) >= 11 is 0. The van der Waals surface area contributed by atoms with Gasteiger partial charge in [-0.3, -0.25) is 4.79 Å². The molecule has 0 atom stereocenters. The molecule has 2 aromatic carbocycles. The molecule has 0 radical (unpaired) electrons. The van der Waals surface area contributed by atoms with Crippen molar-refractivity contribution in [3.05, 3.63) is 82.9 Å². The Labute approximate surface area is 145 Å². The molecule has 1 aliphatic carbocycles. The van der Waals surface area contributed by atoms with Crippen molar-refractivity contribution in [1.82, 2.24) is 0 Å².